The SMILES string of the molecule is Cc1ccc(C(C)NC(=O)c2cc3cc(F)ccc3[nH]2)o1. The lowest BCUT2D eigenvalue weighted by Gasteiger charge is -2.10. The molecule has 0 aliphatic rings. The van der Waals surface area contributed by atoms with Crippen molar-refractivity contribution in [1.29, 1.82) is 0 Å². The maximum absolute atomic E-state index is 13.2. The van der Waals surface area contributed by atoms with Crippen LogP contribution < -0.4 is 5.32 Å². The van der Waals surface area contributed by atoms with Crippen molar-refractivity contribution >= 4 is 16.8 Å². The van der Waals surface area contributed by atoms with Gasteiger partial charge in [0.1, 0.15) is 23.0 Å². The first-order valence-corrected chi connectivity index (χ1v) is 6.68. The van der Waals surface area contributed by atoms with Crippen LogP contribution in [0.15, 0.2) is 40.8 Å². The summed E-state index contributed by atoms with van der Waals surface area (Å²) in [6.45, 7) is 3.70. The van der Waals surface area contributed by atoms with Crippen LogP contribution in [0.3, 0.4) is 0 Å². The number of aromatic nitrogens is 1. The van der Waals surface area contributed by atoms with Crippen molar-refractivity contribution in [1.82, 2.24) is 10.3 Å². The van der Waals surface area contributed by atoms with Crippen LogP contribution in [-0.4, -0.2) is 10.9 Å². The molecule has 1 amide bonds. The number of nitrogens with one attached hydrogen (secondary N) is 2. The van der Waals surface area contributed by atoms with Crippen molar-refractivity contribution in [3.05, 3.63) is 59.4 Å². The molecule has 2 N–H and O–H groups in total. The van der Waals surface area contributed by atoms with Gasteiger partial charge in [-0.3, -0.25) is 4.79 Å². The highest BCUT2D eigenvalue weighted by Gasteiger charge is 2.15. The summed E-state index contributed by atoms with van der Waals surface area (Å²) in [5.74, 6) is 0.913. The molecule has 3 aromatic rings. The predicted octanol–water partition coefficient (Wildman–Crippen LogP) is 3.70. The van der Waals surface area contributed by atoms with E-state index in [1.54, 1.807) is 12.1 Å². The zero-order valence-electron chi connectivity index (χ0n) is 11.7. The number of benzene rings is 1. The predicted molar refractivity (Wildman–Crippen MR) is 77.6 cm³/mol. The normalized spacial score (nSPS) is 12.5. The third-order valence-corrected chi connectivity index (χ3v) is 3.36. The molecule has 0 aliphatic heterocycles. The quantitative estimate of drug-likeness (QED) is 0.771. The van der Waals surface area contributed by atoms with Crippen molar-refractivity contribution in [2.75, 3.05) is 0 Å². The van der Waals surface area contributed by atoms with Crippen LogP contribution in [0.4, 0.5) is 4.39 Å². The second-order valence-electron chi connectivity index (χ2n) is 5.06. The largest absolute Gasteiger partial charge is 0.464 e. The number of rotatable bonds is 3. The Kier molecular flexibility index (Phi) is 3.25. The van der Waals surface area contributed by atoms with E-state index < -0.39 is 0 Å². The smallest absolute Gasteiger partial charge is 0.268 e. The molecule has 1 unspecified atom stereocenters. The number of carbonyl (C=O) groups excluding carboxylic acids is 1. The van der Waals surface area contributed by atoms with Crippen LogP contribution in [0.25, 0.3) is 10.9 Å². The molecule has 0 spiro atoms. The first-order valence-electron chi connectivity index (χ1n) is 6.68. The van der Waals surface area contributed by atoms with E-state index in [4.69, 9.17) is 4.42 Å². The molecule has 3 rings (SSSR count). The molecule has 0 fully saturated rings. The lowest BCUT2D eigenvalue weighted by Crippen LogP contribution is -2.26. The van der Waals surface area contributed by atoms with E-state index in [0.29, 0.717) is 16.8 Å². The highest BCUT2D eigenvalue weighted by Crippen LogP contribution is 2.19. The lowest BCUT2D eigenvalue weighted by molar-refractivity contribution is 0.0931. The molecule has 21 heavy (non-hydrogen) atoms. The second-order valence-corrected chi connectivity index (χ2v) is 5.06. The Morgan fingerprint density at radius 3 is 2.81 bits per heavy atom. The van der Waals surface area contributed by atoms with E-state index in [-0.39, 0.29) is 17.8 Å². The Hall–Kier alpha value is -2.56. The van der Waals surface area contributed by atoms with Crippen LogP contribution in [0, 0.1) is 12.7 Å². The van der Waals surface area contributed by atoms with Crippen molar-refractivity contribution in [2.45, 2.75) is 19.9 Å². The topological polar surface area (TPSA) is 58.0 Å². The highest BCUT2D eigenvalue weighted by atomic mass is 19.1. The van der Waals surface area contributed by atoms with Crippen LogP contribution in [0.1, 0.15) is 35.0 Å². The van der Waals surface area contributed by atoms with E-state index in [9.17, 15) is 9.18 Å². The number of fused-ring (bicyclic) bond motifs is 1. The van der Waals surface area contributed by atoms with Gasteiger partial charge in [-0.1, -0.05) is 0 Å². The van der Waals surface area contributed by atoms with Crippen LogP contribution in [-0.2, 0) is 0 Å². The standard InChI is InChI=1S/C16H15FN2O2/c1-9-3-6-15(21-9)10(2)18-16(20)14-8-11-7-12(17)4-5-13(11)19-14/h3-8,10,19H,1-2H3,(H,18,20). The lowest BCUT2D eigenvalue weighted by atomic mass is 10.2. The number of furan rings is 1. The van der Waals surface area contributed by atoms with Gasteiger partial charge in [0.2, 0.25) is 0 Å². The number of hydrogen-bond donors (Lipinski definition) is 2. The Morgan fingerprint density at radius 2 is 2.10 bits per heavy atom. The molecule has 0 bridgehead atoms. The fraction of sp³-hybridized carbons (Fsp3) is 0.188. The number of amides is 1. The minimum Gasteiger partial charge on any atom is -0.464 e. The van der Waals surface area contributed by atoms with Gasteiger partial charge in [-0.05, 0) is 50.2 Å². The fourth-order valence-corrected chi connectivity index (χ4v) is 2.26. The monoisotopic (exact) mass is 286 g/mol. The molecule has 2 aromatic heterocycles. The van der Waals surface area contributed by atoms with Crippen molar-refractivity contribution in [2.24, 2.45) is 0 Å². The third-order valence-electron chi connectivity index (χ3n) is 3.36. The summed E-state index contributed by atoms with van der Waals surface area (Å²) in [5.41, 5.74) is 1.12. The summed E-state index contributed by atoms with van der Waals surface area (Å²) in [7, 11) is 0. The van der Waals surface area contributed by atoms with E-state index in [2.05, 4.69) is 10.3 Å². The minimum absolute atomic E-state index is 0.241. The van der Waals surface area contributed by atoms with Crippen LogP contribution >= 0.6 is 0 Å². The molecule has 2 heterocycles. The Bertz CT molecular complexity index is 804. The first kappa shape index (κ1) is 13.4. The second kappa shape index (κ2) is 5.09. The molecule has 108 valence electrons. The van der Waals surface area contributed by atoms with Gasteiger partial charge in [0, 0.05) is 10.9 Å². The summed E-state index contributed by atoms with van der Waals surface area (Å²) >= 11 is 0. The summed E-state index contributed by atoms with van der Waals surface area (Å²) in [5, 5.41) is 3.51. The van der Waals surface area contributed by atoms with E-state index >= 15 is 0 Å². The van der Waals surface area contributed by atoms with Crippen LogP contribution in [0.5, 0.6) is 0 Å². The van der Waals surface area contributed by atoms with Crippen molar-refractivity contribution in [3.8, 4) is 0 Å². The summed E-state index contributed by atoms with van der Waals surface area (Å²) in [4.78, 5) is 15.2. The third kappa shape index (κ3) is 2.67. The molecule has 0 saturated heterocycles. The molecular weight excluding hydrogens is 271 g/mol. The zero-order chi connectivity index (χ0) is 15.0. The Balaban J connectivity index is 1.80. The number of H-pyrrole nitrogens is 1. The minimum atomic E-state index is -0.326. The van der Waals surface area contributed by atoms with Gasteiger partial charge in [-0.25, -0.2) is 4.39 Å². The maximum Gasteiger partial charge on any atom is 0.268 e. The molecule has 0 saturated carbocycles. The van der Waals surface area contributed by atoms with Gasteiger partial charge >= 0.3 is 0 Å². The average Bonchev–Trinajstić information content (AvgIpc) is 3.04. The summed E-state index contributed by atoms with van der Waals surface area (Å²) in [6.07, 6.45) is 0. The molecule has 5 heteroatoms. The van der Waals surface area contributed by atoms with Crippen LogP contribution in [0.2, 0.25) is 0 Å². The summed E-state index contributed by atoms with van der Waals surface area (Å²) in [6, 6.07) is 9.44. The van der Waals surface area contributed by atoms with E-state index in [1.165, 1.54) is 12.1 Å². The Morgan fingerprint density at radius 1 is 1.29 bits per heavy atom. The summed E-state index contributed by atoms with van der Waals surface area (Å²) < 4.78 is 18.6. The van der Waals surface area contributed by atoms with Gasteiger partial charge in [-0.15, -0.1) is 0 Å². The van der Waals surface area contributed by atoms with Gasteiger partial charge < -0.3 is 14.7 Å². The van der Waals surface area contributed by atoms with E-state index in [0.717, 1.165) is 11.3 Å². The molecule has 1 aromatic carbocycles. The van der Waals surface area contributed by atoms with Crippen molar-refractivity contribution < 1.29 is 13.6 Å². The number of aromatic amines is 1. The van der Waals surface area contributed by atoms with Gasteiger partial charge in [0.25, 0.3) is 5.91 Å². The highest BCUT2D eigenvalue weighted by molar-refractivity contribution is 5.98. The first-order chi connectivity index (χ1) is 10.0. The van der Waals surface area contributed by atoms with E-state index in [1.807, 2.05) is 26.0 Å². The molecule has 1 atom stereocenters. The van der Waals surface area contributed by atoms with Gasteiger partial charge in [0.15, 0.2) is 0 Å². The number of aryl methyl sites for hydroxylation is 1. The Labute approximate surface area is 121 Å². The zero-order valence-corrected chi connectivity index (χ0v) is 11.7. The van der Waals surface area contributed by atoms with Gasteiger partial charge in [0.05, 0.1) is 6.04 Å². The maximum atomic E-state index is 13.2. The number of hydrogen-bond acceptors (Lipinski definition) is 2. The average molecular weight is 286 g/mol. The molecule has 0 radical (unpaired) electrons. The van der Waals surface area contributed by atoms with Gasteiger partial charge in [-0.2, -0.15) is 0 Å². The number of halogens is 1. The number of carbonyl (C=O) groups is 1. The fourth-order valence-electron chi connectivity index (χ4n) is 2.26. The molecular formula is C16H15FN2O2. The molecule has 4 nitrogen and oxygen atoms in total. The molecule has 0 aliphatic carbocycles. The van der Waals surface area contributed by atoms with Crippen molar-refractivity contribution in [3.63, 3.8) is 0 Å².